The van der Waals surface area contributed by atoms with Gasteiger partial charge in [0.15, 0.2) is 0 Å². The molecule has 0 saturated carbocycles. The van der Waals surface area contributed by atoms with Crippen molar-refractivity contribution in [1.29, 1.82) is 0 Å². The molecule has 1 unspecified atom stereocenters. The number of hydrogen-bond donors (Lipinski definition) is 1. The van der Waals surface area contributed by atoms with Crippen LogP contribution in [0, 0.1) is 6.92 Å². The standard InChI is InChI=1S/C19H17F3N4O4S2/c1-10-4-7-31-14(10)17(28)26-5-6-29-9-11(26)8-23-16(27)13-3-2-12(32-13)15-24-18(30-25-15)19(20,21)22/h2-4,7,11H,5-6,8-9H2,1H3,(H,23,27). The summed E-state index contributed by atoms with van der Waals surface area (Å²) in [7, 11) is 0. The van der Waals surface area contributed by atoms with Crippen LogP contribution in [0.1, 0.15) is 30.8 Å². The van der Waals surface area contributed by atoms with Crippen molar-refractivity contribution in [1.82, 2.24) is 20.4 Å². The van der Waals surface area contributed by atoms with Crippen LogP contribution in [0.25, 0.3) is 10.7 Å². The lowest BCUT2D eigenvalue weighted by Crippen LogP contribution is -2.53. The second kappa shape index (κ2) is 9.00. The number of alkyl halides is 3. The number of nitrogens with zero attached hydrogens (tertiary/aromatic N) is 3. The molecule has 3 aromatic heterocycles. The SMILES string of the molecule is Cc1ccsc1C(=O)N1CCOCC1CNC(=O)c1ccc(-c2noc(C(F)(F)F)n2)s1. The van der Waals surface area contributed by atoms with Gasteiger partial charge in [-0.1, -0.05) is 5.16 Å². The number of thiophene rings is 2. The Hall–Kier alpha value is -2.77. The molecule has 1 fully saturated rings. The van der Waals surface area contributed by atoms with Crippen molar-refractivity contribution in [2.75, 3.05) is 26.3 Å². The van der Waals surface area contributed by atoms with Crippen molar-refractivity contribution in [2.45, 2.75) is 19.1 Å². The second-order valence-corrected chi connectivity index (χ2v) is 8.95. The summed E-state index contributed by atoms with van der Waals surface area (Å²) in [6.45, 7) is 3.16. The zero-order valence-corrected chi connectivity index (χ0v) is 18.3. The maximum atomic E-state index is 12.9. The molecule has 170 valence electrons. The van der Waals surface area contributed by atoms with Crippen LogP contribution < -0.4 is 5.32 Å². The van der Waals surface area contributed by atoms with E-state index in [1.165, 1.54) is 23.5 Å². The fourth-order valence-corrected chi connectivity index (χ4v) is 4.86. The fraction of sp³-hybridized carbons (Fsp3) is 0.368. The molecule has 1 atom stereocenters. The van der Waals surface area contributed by atoms with Gasteiger partial charge in [-0.3, -0.25) is 9.59 Å². The van der Waals surface area contributed by atoms with Crippen LogP contribution in [0.5, 0.6) is 0 Å². The van der Waals surface area contributed by atoms with Crippen molar-refractivity contribution in [3.63, 3.8) is 0 Å². The van der Waals surface area contributed by atoms with Crippen LogP contribution in [-0.4, -0.2) is 59.2 Å². The van der Waals surface area contributed by atoms with Gasteiger partial charge in [-0.05, 0) is 36.1 Å². The minimum Gasteiger partial charge on any atom is -0.377 e. The first-order valence-electron chi connectivity index (χ1n) is 9.46. The highest BCUT2D eigenvalue weighted by atomic mass is 32.1. The number of aryl methyl sites for hydroxylation is 1. The minimum atomic E-state index is -4.74. The predicted octanol–water partition coefficient (Wildman–Crippen LogP) is 3.46. The molecule has 8 nitrogen and oxygen atoms in total. The topological polar surface area (TPSA) is 97.6 Å². The van der Waals surface area contributed by atoms with E-state index in [9.17, 15) is 22.8 Å². The van der Waals surface area contributed by atoms with Gasteiger partial charge in [0.2, 0.25) is 5.82 Å². The molecule has 1 aliphatic heterocycles. The van der Waals surface area contributed by atoms with E-state index >= 15 is 0 Å². The molecule has 1 aliphatic rings. The van der Waals surface area contributed by atoms with Crippen molar-refractivity contribution in [3.8, 4) is 10.7 Å². The molecule has 4 heterocycles. The van der Waals surface area contributed by atoms with Crippen LogP contribution in [-0.2, 0) is 10.9 Å². The lowest BCUT2D eigenvalue weighted by Gasteiger charge is -2.35. The first-order valence-corrected chi connectivity index (χ1v) is 11.2. The van der Waals surface area contributed by atoms with Gasteiger partial charge in [0, 0.05) is 13.1 Å². The molecule has 0 aliphatic carbocycles. The van der Waals surface area contributed by atoms with Gasteiger partial charge < -0.3 is 19.5 Å². The van der Waals surface area contributed by atoms with Gasteiger partial charge in [-0.2, -0.15) is 18.2 Å². The van der Waals surface area contributed by atoms with Crippen LogP contribution >= 0.6 is 22.7 Å². The molecule has 13 heteroatoms. The number of morpholine rings is 1. The number of nitrogens with one attached hydrogen (secondary N) is 1. The van der Waals surface area contributed by atoms with Crippen LogP contribution in [0.15, 0.2) is 28.1 Å². The predicted molar refractivity (Wildman–Crippen MR) is 110 cm³/mol. The highest BCUT2D eigenvalue weighted by Gasteiger charge is 2.38. The van der Waals surface area contributed by atoms with Gasteiger partial charge in [-0.25, -0.2) is 0 Å². The summed E-state index contributed by atoms with van der Waals surface area (Å²) in [6, 6.07) is 4.45. The zero-order valence-electron chi connectivity index (χ0n) is 16.6. The van der Waals surface area contributed by atoms with Crippen molar-refractivity contribution in [3.05, 3.63) is 44.8 Å². The van der Waals surface area contributed by atoms with Crippen LogP contribution in [0.4, 0.5) is 13.2 Å². The first kappa shape index (κ1) is 22.4. The minimum absolute atomic E-state index is 0.101. The number of halogens is 3. The summed E-state index contributed by atoms with van der Waals surface area (Å²) < 4.78 is 47.6. The number of aromatic nitrogens is 2. The summed E-state index contributed by atoms with van der Waals surface area (Å²) in [6.07, 6.45) is -4.74. The van der Waals surface area contributed by atoms with E-state index < -0.39 is 18.0 Å². The number of hydrogen-bond acceptors (Lipinski definition) is 8. The van der Waals surface area contributed by atoms with Crippen LogP contribution in [0.3, 0.4) is 0 Å². The van der Waals surface area contributed by atoms with E-state index in [-0.39, 0.29) is 40.7 Å². The zero-order chi connectivity index (χ0) is 22.9. The largest absolute Gasteiger partial charge is 0.471 e. The summed E-state index contributed by atoms with van der Waals surface area (Å²) in [5.74, 6) is -2.22. The lowest BCUT2D eigenvalue weighted by molar-refractivity contribution is -0.159. The number of rotatable bonds is 5. The third-order valence-corrected chi connectivity index (χ3v) is 6.85. The highest BCUT2D eigenvalue weighted by Crippen LogP contribution is 2.31. The van der Waals surface area contributed by atoms with Crippen LogP contribution in [0.2, 0.25) is 0 Å². The summed E-state index contributed by atoms with van der Waals surface area (Å²) >= 11 is 2.31. The van der Waals surface area contributed by atoms with E-state index in [2.05, 4.69) is 20.0 Å². The third kappa shape index (κ3) is 4.69. The molecular weight excluding hydrogens is 469 g/mol. The second-order valence-electron chi connectivity index (χ2n) is 6.95. The lowest BCUT2D eigenvalue weighted by atomic mass is 10.2. The van der Waals surface area contributed by atoms with E-state index in [4.69, 9.17) is 4.74 Å². The molecule has 0 spiro atoms. The summed E-state index contributed by atoms with van der Waals surface area (Å²) in [5.41, 5.74) is 0.899. The van der Waals surface area contributed by atoms with Gasteiger partial charge in [0.05, 0.1) is 33.9 Å². The molecular formula is C19H17F3N4O4S2. The Morgan fingerprint density at radius 1 is 1.31 bits per heavy atom. The molecule has 4 rings (SSSR count). The Morgan fingerprint density at radius 3 is 2.81 bits per heavy atom. The van der Waals surface area contributed by atoms with E-state index in [1.54, 1.807) is 4.90 Å². The average Bonchev–Trinajstić information content (AvgIpc) is 3.51. The Bertz CT molecular complexity index is 1120. The van der Waals surface area contributed by atoms with Gasteiger partial charge in [0.1, 0.15) is 0 Å². The maximum Gasteiger partial charge on any atom is 0.471 e. The molecule has 2 amide bonds. The Morgan fingerprint density at radius 2 is 2.12 bits per heavy atom. The molecule has 0 radical (unpaired) electrons. The average molecular weight is 486 g/mol. The van der Waals surface area contributed by atoms with Gasteiger partial charge in [0.25, 0.3) is 11.8 Å². The molecule has 0 bridgehead atoms. The number of ether oxygens (including phenoxy) is 1. The fourth-order valence-electron chi connectivity index (χ4n) is 3.13. The Balaban J connectivity index is 1.40. The van der Waals surface area contributed by atoms with E-state index in [0.29, 0.717) is 18.0 Å². The van der Waals surface area contributed by atoms with Gasteiger partial charge in [-0.15, -0.1) is 22.7 Å². The summed E-state index contributed by atoms with van der Waals surface area (Å²) in [4.78, 5) is 31.7. The first-order chi connectivity index (χ1) is 15.2. The molecule has 0 aromatic carbocycles. The number of carbonyl (C=O) groups excluding carboxylic acids is 2. The molecule has 1 saturated heterocycles. The smallest absolute Gasteiger partial charge is 0.377 e. The van der Waals surface area contributed by atoms with Gasteiger partial charge >= 0.3 is 12.1 Å². The Kier molecular flexibility index (Phi) is 6.31. The third-order valence-electron chi connectivity index (χ3n) is 4.76. The number of carbonyl (C=O) groups is 2. The molecule has 3 aromatic rings. The van der Waals surface area contributed by atoms with E-state index in [1.807, 2.05) is 18.4 Å². The Labute approximate surface area is 188 Å². The highest BCUT2D eigenvalue weighted by molar-refractivity contribution is 7.17. The molecule has 1 N–H and O–H groups in total. The van der Waals surface area contributed by atoms with Crippen molar-refractivity contribution < 1.29 is 32.0 Å². The summed E-state index contributed by atoms with van der Waals surface area (Å²) in [5, 5.41) is 7.94. The normalized spacial score (nSPS) is 16.9. The molecule has 32 heavy (non-hydrogen) atoms. The maximum absolute atomic E-state index is 12.9. The van der Waals surface area contributed by atoms with Crippen molar-refractivity contribution in [2.24, 2.45) is 0 Å². The quantitative estimate of drug-likeness (QED) is 0.593. The van der Waals surface area contributed by atoms with E-state index in [0.717, 1.165) is 16.9 Å². The van der Waals surface area contributed by atoms with Crippen molar-refractivity contribution >= 4 is 34.5 Å². The monoisotopic (exact) mass is 486 g/mol. The number of amides is 2.